The van der Waals surface area contributed by atoms with Crippen LogP contribution in [-0.4, -0.2) is 22.1 Å². The number of carbonyl (C=O) groups excluding carboxylic acids is 1. The minimum Gasteiger partial charge on any atom is -0.467 e. The third-order valence-electron chi connectivity index (χ3n) is 2.93. The van der Waals surface area contributed by atoms with E-state index >= 15 is 0 Å². The lowest BCUT2D eigenvalue weighted by Gasteiger charge is -2.14. The molecular weight excluding hydrogens is 324 g/mol. The number of nitrogens with zero attached hydrogens (tertiary/aromatic N) is 1. The summed E-state index contributed by atoms with van der Waals surface area (Å²) in [6.07, 6.45) is 2.50. The number of furan rings is 1. The van der Waals surface area contributed by atoms with E-state index in [9.17, 15) is 9.90 Å². The van der Waals surface area contributed by atoms with Gasteiger partial charge in [0.2, 0.25) is 0 Å². The lowest BCUT2D eigenvalue weighted by molar-refractivity contribution is 0.0890. The van der Waals surface area contributed by atoms with Gasteiger partial charge in [0.05, 0.1) is 12.8 Å². The maximum Gasteiger partial charge on any atom is 0.268 e. The fourth-order valence-corrected chi connectivity index (χ4v) is 2.35. The van der Waals surface area contributed by atoms with Crippen molar-refractivity contribution in [2.45, 2.75) is 26.0 Å². The molecule has 0 saturated carbocycles. The molecule has 0 aromatic carbocycles. The lowest BCUT2D eigenvalue weighted by Crippen LogP contribution is -2.30. The second kappa shape index (κ2) is 6.28. The summed E-state index contributed by atoms with van der Waals surface area (Å²) in [5.41, 5.74) is 0.554. The molecular formula is C14H17BrN2O3. The fourth-order valence-electron chi connectivity index (χ4n) is 1.92. The minimum absolute atomic E-state index is 0.104. The first-order chi connectivity index (χ1) is 9.49. The van der Waals surface area contributed by atoms with Crippen LogP contribution < -0.4 is 5.32 Å². The first-order valence-electron chi connectivity index (χ1n) is 6.36. The number of aliphatic hydroxyl groups is 1. The molecule has 0 aliphatic rings. The number of carbonyl (C=O) groups is 1. The fraction of sp³-hybridized carbons (Fsp3) is 0.357. The quantitative estimate of drug-likeness (QED) is 0.879. The molecule has 0 spiro atoms. The van der Waals surface area contributed by atoms with Crippen LogP contribution in [0.25, 0.3) is 0 Å². The highest BCUT2D eigenvalue weighted by atomic mass is 79.9. The summed E-state index contributed by atoms with van der Waals surface area (Å²) in [5.74, 6) is 0.209. The zero-order valence-electron chi connectivity index (χ0n) is 11.3. The Labute approximate surface area is 125 Å². The van der Waals surface area contributed by atoms with Gasteiger partial charge in [-0.2, -0.15) is 0 Å². The molecule has 108 valence electrons. The van der Waals surface area contributed by atoms with Gasteiger partial charge in [-0.15, -0.1) is 0 Å². The van der Waals surface area contributed by atoms with Crippen molar-refractivity contribution in [1.82, 2.24) is 9.88 Å². The van der Waals surface area contributed by atoms with E-state index in [2.05, 4.69) is 21.2 Å². The van der Waals surface area contributed by atoms with Crippen LogP contribution >= 0.6 is 15.9 Å². The van der Waals surface area contributed by atoms with Crippen molar-refractivity contribution in [2.75, 3.05) is 6.54 Å². The number of aliphatic hydroxyl groups excluding tert-OH is 1. The largest absolute Gasteiger partial charge is 0.467 e. The first kappa shape index (κ1) is 14.9. The number of hydrogen-bond donors (Lipinski definition) is 2. The van der Waals surface area contributed by atoms with E-state index in [0.29, 0.717) is 11.5 Å². The van der Waals surface area contributed by atoms with Gasteiger partial charge < -0.3 is 19.4 Å². The molecule has 20 heavy (non-hydrogen) atoms. The van der Waals surface area contributed by atoms with Gasteiger partial charge in [0.1, 0.15) is 17.6 Å². The highest BCUT2D eigenvalue weighted by molar-refractivity contribution is 9.10. The van der Waals surface area contributed by atoms with Crippen LogP contribution in [0.2, 0.25) is 0 Å². The summed E-state index contributed by atoms with van der Waals surface area (Å²) in [6.45, 7) is 4.11. The Morgan fingerprint density at radius 2 is 2.30 bits per heavy atom. The number of rotatable bonds is 5. The molecule has 0 radical (unpaired) electrons. The molecule has 1 atom stereocenters. The summed E-state index contributed by atoms with van der Waals surface area (Å²) in [4.78, 5) is 12.2. The van der Waals surface area contributed by atoms with Crippen LogP contribution in [0.4, 0.5) is 0 Å². The molecule has 1 amide bonds. The number of aromatic nitrogens is 1. The molecule has 0 saturated heterocycles. The van der Waals surface area contributed by atoms with Gasteiger partial charge in [-0.3, -0.25) is 4.79 Å². The van der Waals surface area contributed by atoms with E-state index in [4.69, 9.17) is 4.42 Å². The number of amides is 1. The molecule has 2 N–H and O–H groups in total. The Bertz CT molecular complexity index is 575. The Morgan fingerprint density at radius 3 is 2.90 bits per heavy atom. The highest BCUT2D eigenvalue weighted by Gasteiger charge is 2.17. The second-order valence-electron chi connectivity index (χ2n) is 4.79. The van der Waals surface area contributed by atoms with Crippen molar-refractivity contribution in [3.63, 3.8) is 0 Å². The number of halogens is 1. The molecule has 5 nitrogen and oxygen atoms in total. The average molecular weight is 341 g/mol. The van der Waals surface area contributed by atoms with Crippen LogP contribution in [0.5, 0.6) is 0 Å². The summed E-state index contributed by atoms with van der Waals surface area (Å²) in [7, 11) is 0. The van der Waals surface area contributed by atoms with Crippen molar-refractivity contribution in [3.05, 3.63) is 46.6 Å². The van der Waals surface area contributed by atoms with Gasteiger partial charge in [-0.05, 0) is 48.0 Å². The molecule has 2 heterocycles. The third-order valence-corrected chi connectivity index (χ3v) is 3.37. The smallest absolute Gasteiger partial charge is 0.268 e. The van der Waals surface area contributed by atoms with Crippen molar-refractivity contribution < 1.29 is 14.3 Å². The van der Waals surface area contributed by atoms with Crippen molar-refractivity contribution in [1.29, 1.82) is 0 Å². The van der Waals surface area contributed by atoms with E-state index in [0.717, 1.165) is 4.47 Å². The molecule has 0 bridgehead atoms. The summed E-state index contributed by atoms with van der Waals surface area (Å²) < 4.78 is 7.81. The minimum atomic E-state index is -0.847. The van der Waals surface area contributed by atoms with Gasteiger partial charge in [0.25, 0.3) is 5.91 Å². The monoisotopic (exact) mass is 340 g/mol. The van der Waals surface area contributed by atoms with Gasteiger partial charge in [0, 0.05) is 16.7 Å². The zero-order chi connectivity index (χ0) is 14.7. The molecule has 2 aromatic heterocycles. The van der Waals surface area contributed by atoms with Gasteiger partial charge in [-0.1, -0.05) is 0 Å². The normalized spacial score (nSPS) is 12.7. The Kier molecular flexibility index (Phi) is 4.67. The van der Waals surface area contributed by atoms with E-state index in [1.165, 1.54) is 6.26 Å². The van der Waals surface area contributed by atoms with Crippen molar-refractivity contribution >= 4 is 21.8 Å². The van der Waals surface area contributed by atoms with Crippen LogP contribution in [0.1, 0.15) is 42.2 Å². The Balaban J connectivity index is 2.02. The standard InChI is InChI=1S/C14H17BrN2O3/c1-9(2)17-8-10(15)6-11(17)14(19)16-7-12(18)13-4-3-5-20-13/h3-6,8-9,12,18H,7H2,1-2H3,(H,16,19). The topological polar surface area (TPSA) is 67.4 Å². The van der Waals surface area contributed by atoms with E-state index < -0.39 is 6.10 Å². The van der Waals surface area contributed by atoms with Crippen LogP contribution in [-0.2, 0) is 0 Å². The molecule has 2 aromatic rings. The molecule has 1 unspecified atom stereocenters. The maximum atomic E-state index is 12.2. The van der Waals surface area contributed by atoms with Crippen molar-refractivity contribution in [2.24, 2.45) is 0 Å². The Morgan fingerprint density at radius 1 is 1.55 bits per heavy atom. The second-order valence-corrected chi connectivity index (χ2v) is 5.70. The molecule has 0 aliphatic carbocycles. The number of hydrogen-bond acceptors (Lipinski definition) is 3. The lowest BCUT2D eigenvalue weighted by atomic mass is 10.2. The zero-order valence-corrected chi connectivity index (χ0v) is 12.9. The molecule has 6 heteroatoms. The third kappa shape index (κ3) is 3.32. The molecule has 0 aliphatic heterocycles. The number of nitrogens with one attached hydrogen (secondary N) is 1. The molecule has 0 fully saturated rings. The summed E-state index contributed by atoms with van der Waals surface area (Å²) in [6, 6.07) is 5.30. The predicted octanol–water partition coefficient (Wildman–Crippen LogP) is 2.89. The van der Waals surface area contributed by atoms with Crippen LogP contribution in [0.15, 0.2) is 39.5 Å². The first-order valence-corrected chi connectivity index (χ1v) is 7.15. The predicted molar refractivity (Wildman–Crippen MR) is 78.5 cm³/mol. The van der Waals surface area contributed by atoms with E-state index in [1.54, 1.807) is 18.2 Å². The van der Waals surface area contributed by atoms with E-state index in [-0.39, 0.29) is 18.5 Å². The summed E-state index contributed by atoms with van der Waals surface area (Å²) in [5, 5.41) is 12.6. The average Bonchev–Trinajstić information content (AvgIpc) is 3.04. The summed E-state index contributed by atoms with van der Waals surface area (Å²) >= 11 is 3.37. The maximum absolute atomic E-state index is 12.2. The molecule has 2 rings (SSSR count). The Hall–Kier alpha value is -1.53. The van der Waals surface area contributed by atoms with Gasteiger partial charge in [0.15, 0.2) is 0 Å². The van der Waals surface area contributed by atoms with Crippen LogP contribution in [0, 0.1) is 0 Å². The highest BCUT2D eigenvalue weighted by Crippen LogP contribution is 2.19. The van der Waals surface area contributed by atoms with Crippen LogP contribution in [0.3, 0.4) is 0 Å². The SMILES string of the molecule is CC(C)n1cc(Br)cc1C(=O)NCC(O)c1ccco1. The van der Waals surface area contributed by atoms with Crippen molar-refractivity contribution in [3.8, 4) is 0 Å². The van der Waals surface area contributed by atoms with E-state index in [1.807, 2.05) is 24.6 Å². The van der Waals surface area contributed by atoms with Gasteiger partial charge >= 0.3 is 0 Å². The van der Waals surface area contributed by atoms with Gasteiger partial charge in [-0.25, -0.2) is 0 Å².